The maximum Gasteiger partial charge on any atom is 0.238 e. The van der Waals surface area contributed by atoms with E-state index in [4.69, 9.17) is 27.4 Å². The van der Waals surface area contributed by atoms with Gasteiger partial charge in [-0.25, -0.2) is 4.98 Å². The molecule has 0 saturated heterocycles. The first-order chi connectivity index (χ1) is 42.0. The molecule has 3 aromatic heterocycles. The Bertz CT molecular complexity index is 4970. The zero-order valence-corrected chi connectivity index (χ0v) is 29.4. The summed E-state index contributed by atoms with van der Waals surface area (Å²) in [4.78, 5) is 13.6. The molecular weight excluding hydrogens is 711 g/mol. The van der Waals surface area contributed by atoms with Crippen molar-refractivity contribution >= 4 is 67.2 Å². The van der Waals surface area contributed by atoms with Crippen LogP contribution in [0.4, 0.5) is 0 Å². The van der Waals surface area contributed by atoms with E-state index in [0.29, 0.717) is 4.57 Å². The van der Waals surface area contributed by atoms with Gasteiger partial charge in [0.25, 0.3) is 0 Å². The van der Waals surface area contributed by atoms with Crippen LogP contribution in [0.15, 0.2) is 199 Å². The summed E-state index contributed by atoms with van der Waals surface area (Å²) >= 11 is 0. The predicted octanol–water partition coefficient (Wildman–Crippen LogP) is 9.93. The number of para-hydroxylation sites is 3. The molecular formula is C51H35N5Si. The Kier molecular flexibility index (Phi) is 2.95. The van der Waals surface area contributed by atoms with E-state index >= 15 is 0 Å². The van der Waals surface area contributed by atoms with E-state index in [-0.39, 0.29) is 0 Å². The standard InChI is InChI=1S/C51H35N5Si/c1-4-18-34(19-5-1)49-52-50(54-51(53-49)56-43-28-14-10-24-38(43)39-25-11-15-29-44(39)56)35-32-41-40-26-12-13-27-42(40)55-45-30-16-17-31-46(45)57(47(33-35)48(41)55,36-20-6-2-7-21-36)37-22-8-3-9-23-37/h1-33,45-46H/i1D,2D,3D,4D,5D,6D,7D,8D,9D,10D,11D,12D,13D,14D,15D,16D,17D,18D,19D,20D,21D,22D,23D,24D,25D,26D,27D,28D,29D,30D,31D,32D,33D. The van der Waals surface area contributed by atoms with Crippen molar-refractivity contribution in [3.8, 4) is 28.7 Å². The van der Waals surface area contributed by atoms with Crippen molar-refractivity contribution in [2.24, 2.45) is 0 Å². The van der Waals surface area contributed by atoms with Crippen LogP contribution >= 0.6 is 0 Å². The number of benzene rings is 7. The molecule has 1 aliphatic heterocycles. The van der Waals surface area contributed by atoms with Crippen LogP contribution in [0.5, 0.6) is 0 Å². The molecule has 7 aromatic carbocycles. The zero-order chi connectivity index (χ0) is 66.2. The van der Waals surface area contributed by atoms with Gasteiger partial charge in [0, 0.05) is 49.2 Å². The van der Waals surface area contributed by atoms with Gasteiger partial charge in [0.1, 0.15) is 0 Å². The first kappa shape index (κ1) is 13.5. The molecule has 0 N–H and O–H groups in total. The highest BCUT2D eigenvalue weighted by atomic mass is 28.3. The fourth-order valence-electron chi connectivity index (χ4n) is 7.75. The van der Waals surface area contributed by atoms with E-state index in [0.717, 1.165) is 4.57 Å². The van der Waals surface area contributed by atoms with Crippen molar-refractivity contribution in [1.82, 2.24) is 24.1 Å². The van der Waals surface area contributed by atoms with Gasteiger partial charge in [-0.3, -0.25) is 4.57 Å². The molecule has 2 unspecified atom stereocenters. The number of allylic oxidation sites excluding steroid dienone is 4. The summed E-state index contributed by atoms with van der Waals surface area (Å²) in [5.41, 5.74) is -6.96. The SMILES string of the molecule is [2H]C1=C([2H])C2C(C([2H])=C1[2H])[Si](c1c([2H])c([2H])c([2H])c([2H])c1[2H])(c1c([2H])c([2H])c([2H])c([2H])c1[2H])c1c([2H])c(-c3nc(-c4c([2H])c([2H])c([2H])c([2H])c4[2H])nc(-n4c5c([2H])c([2H])c([2H])c([2H])c5c5c([2H])c([2H])c([2H])c([2H])c54)n3)c([2H])c3c4c([2H])c([2H])c([2H])c([2H])c4n2c13. The maximum atomic E-state index is 10.9. The minimum atomic E-state index is -6.22. The normalized spacial score (nSPS) is 25.6. The summed E-state index contributed by atoms with van der Waals surface area (Å²) in [6, 6.07) is -36.4. The number of fused-ring (bicyclic) bond motifs is 8. The molecule has 0 spiro atoms. The maximum absolute atomic E-state index is 10.9. The van der Waals surface area contributed by atoms with Gasteiger partial charge in [-0.2, -0.15) is 9.97 Å². The topological polar surface area (TPSA) is 48.5 Å². The summed E-state index contributed by atoms with van der Waals surface area (Å²) in [6.45, 7) is 0. The molecule has 5 nitrogen and oxygen atoms in total. The van der Waals surface area contributed by atoms with Gasteiger partial charge in [0.2, 0.25) is 5.95 Å². The summed E-state index contributed by atoms with van der Waals surface area (Å²) in [7, 11) is -6.22. The minimum absolute atomic E-state index is 0.564. The van der Waals surface area contributed by atoms with Gasteiger partial charge in [0.05, 0.1) is 62.3 Å². The molecule has 10 aromatic rings. The molecule has 1 aliphatic carbocycles. The minimum Gasteiger partial charge on any atom is -0.333 e. The quantitative estimate of drug-likeness (QED) is 0.164. The Morgan fingerprint density at radius 2 is 0.982 bits per heavy atom. The first-order valence-electron chi connectivity index (χ1n) is 33.4. The third-order valence-corrected chi connectivity index (χ3v) is 14.6. The highest BCUT2D eigenvalue weighted by Gasteiger charge is 2.53. The van der Waals surface area contributed by atoms with Crippen molar-refractivity contribution in [2.75, 3.05) is 0 Å². The second-order valence-corrected chi connectivity index (χ2v) is 16.4. The Labute approximate surface area is 376 Å². The van der Waals surface area contributed by atoms with Crippen LogP contribution in [0.3, 0.4) is 0 Å². The molecule has 0 radical (unpaired) electrons. The molecule has 12 rings (SSSR count). The lowest BCUT2D eigenvalue weighted by Crippen LogP contribution is -2.72. The molecule has 2 atom stereocenters. The number of nitrogens with zero attached hydrogens (tertiary/aromatic N) is 5. The molecule has 2 aliphatic rings. The second kappa shape index (κ2) is 12.4. The third-order valence-electron chi connectivity index (χ3n) is 9.93. The number of hydrogen-bond acceptors (Lipinski definition) is 3. The Morgan fingerprint density at radius 3 is 1.61 bits per heavy atom. The molecule has 0 saturated carbocycles. The Morgan fingerprint density at radius 1 is 0.474 bits per heavy atom. The van der Waals surface area contributed by atoms with Crippen LogP contribution in [0.2, 0.25) is 5.54 Å². The fraction of sp³-hybridized carbons (Fsp3) is 0.0392. The van der Waals surface area contributed by atoms with Crippen molar-refractivity contribution in [3.05, 3.63) is 199 Å². The Balaban J connectivity index is 1.45. The average Bonchev–Trinajstić information content (AvgIpc) is 1.31. The smallest absolute Gasteiger partial charge is 0.238 e. The van der Waals surface area contributed by atoms with Gasteiger partial charge < -0.3 is 4.57 Å². The lowest BCUT2D eigenvalue weighted by Gasteiger charge is -2.47. The van der Waals surface area contributed by atoms with E-state index in [1.165, 1.54) is 0 Å². The lowest BCUT2D eigenvalue weighted by molar-refractivity contribution is 0.631. The molecule has 0 fully saturated rings. The Hall–Kier alpha value is -7.15. The molecule has 57 heavy (non-hydrogen) atoms. The van der Waals surface area contributed by atoms with Gasteiger partial charge in [-0.1, -0.05) is 169 Å². The monoisotopic (exact) mass is 778 g/mol. The van der Waals surface area contributed by atoms with Gasteiger partial charge >= 0.3 is 0 Å². The highest BCUT2D eigenvalue weighted by molar-refractivity contribution is 7.14. The average molecular weight is 779 g/mol. The highest BCUT2D eigenvalue weighted by Crippen LogP contribution is 2.48. The van der Waals surface area contributed by atoms with Crippen molar-refractivity contribution in [1.29, 1.82) is 0 Å². The van der Waals surface area contributed by atoms with E-state index in [9.17, 15) is 17.8 Å². The zero-order valence-electron chi connectivity index (χ0n) is 61.4. The number of hydrogen-bond donors (Lipinski definition) is 0. The molecule has 6 heteroatoms. The van der Waals surface area contributed by atoms with E-state index in [1.807, 2.05) is 0 Å². The van der Waals surface area contributed by atoms with Crippen molar-refractivity contribution < 1.29 is 45.2 Å². The molecule has 4 heterocycles. The summed E-state index contributed by atoms with van der Waals surface area (Å²) in [6.07, 6.45) is 0. The van der Waals surface area contributed by atoms with E-state index in [1.54, 1.807) is 0 Å². The van der Waals surface area contributed by atoms with Crippen LogP contribution in [-0.4, -0.2) is 32.2 Å². The van der Waals surface area contributed by atoms with Crippen LogP contribution in [0.25, 0.3) is 72.3 Å². The number of rotatable bonds is 5. The van der Waals surface area contributed by atoms with Crippen LogP contribution < -0.4 is 15.6 Å². The summed E-state index contributed by atoms with van der Waals surface area (Å²) < 4.78 is 307. The van der Waals surface area contributed by atoms with Gasteiger partial charge in [-0.15, -0.1) is 0 Å². The van der Waals surface area contributed by atoms with Crippen LogP contribution in [0.1, 0.15) is 51.3 Å². The molecule has 0 amide bonds. The molecule has 268 valence electrons. The first-order valence-corrected chi connectivity index (χ1v) is 19.0. The van der Waals surface area contributed by atoms with E-state index in [2.05, 4.69) is 15.0 Å². The third kappa shape index (κ3) is 4.59. The van der Waals surface area contributed by atoms with E-state index < -0.39 is 307 Å². The van der Waals surface area contributed by atoms with Crippen LogP contribution in [-0.2, 0) is 0 Å². The fourth-order valence-corrected chi connectivity index (χ4v) is 12.4. The summed E-state index contributed by atoms with van der Waals surface area (Å²) in [5.74, 6) is -3.11. The van der Waals surface area contributed by atoms with Gasteiger partial charge in [0.15, 0.2) is 19.7 Å². The van der Waals surface area contributed by atoms with Gasteiger partial charge in [-0.05, 0) is 45.8 Å². The summed E-state index contributed by atoms with van der Waals surface area (Å²) in [5, 5.41) is -5.36. The van der Waals surface area contributed by atoms with Crippen molar-refractivity contribution in [3.63, 3.8) is 0 Å². The lowest BCUT2D eigenvalue weighted by atomic mass is 10.1. The van der Waals surface area contributed by atoms with Crippen molar-refractivity contribution in [2.45, 2.75) is 11.6 Å². The van der Waals surface area contributed by atoms with Crippen LogP contribution in [0, 0.1) is 0 Å². The number of aromatic nitrogens is 5. The molecule has 0 bridgehead atoms. The second-order valence-electron chi connectivity index (χ2n) is 12.7. The largest absolute Gasteiger partial charge is 0.333 e. The predicted molar refractivity (Wildman–Crippen MR) is 237 cm³/mol.